The van der Waals surface area contributed by atoms with Gasteiger partial charge in [-0.1, -0.05) is 72.8 Å². The van der Waals surface area contributed by atoms with E-state index in [1.165, 1.54) is 7.11 Å². The maximum absolute atomic E-state index is 13.6. The van der Waals surface area contributed by atoms with Crippen molar-refractivity contribution in [2.24, 2.45) is 11.8 Å². The minimum absolute atomic E-state index is 0.0637. The Kier molecular flexibility index (Phi) is 16.5. The van der Waals surface area contributed by atoms with Gasteiger partial charge in [-0.2, -0.15) is 0 Å². The first-order chi connectivity index (χ1) is 20.4. The minimum atomic E-state index is -0.840. The summed E-state index contributed by atoms with van der Waals surface area (Å²) in [7, 11) is 1.51. The van der Waals surface area contributed by atoms with Crippen LogP contribution in [0, 0.1) is 11.8 Å². The Morgan fingerprint density at radius 3 is 2.19 bits per heavy atom. The SMILES string of the molecule is C=CC[C@@H](CC(=O)NCCOCCO)C(=O)N[C@@H](COC)[C@@H](OC(=O)[C@@H](CC=C)Cc1ccccc1)c1ccccc1. The average Bonchev–Trinajstić information content (AvgIpc) is 3.00. The van der Waals surface area contributed by atoms with Crippen LogP contribution in [0.25, 0.3) is 0 Å². The zero-order chi connectivity index (χ0) is 30.6. The lowest BCUT2D eigenvalue weighted by atomic mass is 9.95. The molecule has 3 N–H and O–H groups in total. The number of nitrogens with one attached hydrogen (secondary N) is 2. The highest BCUT2D eigenvalue weighted by atomic mass is 16.5. The zero-order valence-electron chi connectivity index (χ0n) is 24.4. The smallest absolute Gasteiger partial charge is 0.310 e. The standard InChI is InChI=1S/C33H44N2O7/c1-4-12-27(23-30(37)34-18-20-41-21-19-36)32(38)35-29(24-40-3)31(26-16-10-7-11-17-26)42-33(39)28(13-5-2)22-25-14-8-6-9-15-25/h4-11,14-17,27-29,31,36H,1-2,12-13,18-24H2,3H3,(H,34,37)(H,35,38)/t27-,28-,29-,31-/m0/s1. The molecule has 228 valence electrons. The molecule has 0 heterocycles. The largest absolute Gasteiger partial charge is 0.455 e. The molecule has 0 fully saturated rings. The van der Waals surface area contributed by atoms with Crippen LogP contribution in [-0.2, 0) is 35.0 Å². The highest BCUT2D eigenvalue weighted by molar-refractivity contribution is 5.86. The van der Waals surface area contributed by atoms with Gasteiger partial charge in [-0.15, -0.1) is 13.2 Å². The van der Waals surface area contributed by atoms with Crippen molar-refractivity contribution in [2.45, 2.75) is 37.8 Å². The molecule has 0 aliphatic heterocycles. The number of ether oxygens (including phenoxy) is 3. The van der Waals surface area contributed by atoms with E-state index in [0.717, 1.165) is 5.56 Å². The predicted octanol–water partition coefficient (Wildman–Crippen LogP) is 3.54. The van der Waals surface area contributed by atoms with Gasteiger partial charge in [0, 0.05) is 20.1 Å². The van der Waals surface area contributed by atoms with Crippen LogP contribution >= 0.6 is 0 Å². The normalized spacial score (nSPS) is 13.7. The Morgan fingerprint density at radius 2 is 1.57 bits per heavy atom. The fraction of sp³-hybridized carbons (Fsp3) is 0.424. The second-order valence-corrected chi connectivity index (χ2v) is 9.86. The highest BCUT2D eigenvalue weighted by Crippen LogP contribution is 2.26. The summed E-state index contributed by atoms with van der Waals surface area (Å²) in [5, 5.41) is 14.5. The predicted molar refractivity (Wildman–Crippen MR) is 161 cm³/mol. The summed E-state index contributed by atoms with van der Waals surface area (Å²) in [6.07, 6.45) is 3.57. The van der Waals surface area contributed by atoms with Crippen molar-refractivity contribution in [1.82, 2.24) is 10.6 Å². The number of aliphatic hydroxyl groups is 1. The van der Waals surface area contributed by atoms with Crippen LogP contribution in [0.2, 0.25) is 0 Å². The van der Waals surface area contributed by atoms with Crippen molar-refractivity contribution in [2.75, 3.05) is 40.1 Å². The van der Waals surface area contributed by atoms with E-state index < -0.39 is 30.0 Å². The molecule has 2 rings (SSSR count). The zero-order valence-corrected chi connectivity index (χ0v) is 24.4. The van der Waals surface area contributed by atoms with Crippen LogP contribution in [0.5, 0.6) is 0 Å². The number of aliphatic hydroxyl groups excluding tert-OH is 1. The molecule has 0 aliphatic rings. The first-order valence-corrected chi connectivity index (χ1v) is 14.2. The monoisotopic (exact) mass is 580 g/mol. The summed E-state index contributed by atoms with van der Waals surface area (Å²) in [6, 6.07) is 18.2. The van der Waals surface area contributed by atoms with Gasteiger partial charge in [0.05, 0.1) is 44.3 Å². The fourth-order valence-electron chi connectivity index (χ4n) is 4.50. The summed E-state index contributed by atoms with van der Waals surface area (Å²) in [5.41, 5.74) is 1.70. The van der Waals surface area contributed by atoms with Gasteiger partial charge in [-0.25, -0.2) is 0 Å². The van der Waals surface area contributed by atoms with Crippen LogP contribution in [0.1, 0.15) is 36.5 Å². The molecule has 0 saturated carbocycles. The quantitative estimate of drug-likeness (QED) is 0.117. The van der Waals surface area contributed by atoms with Gasteiger partial charge in [-0.05, 0) is 30.4 Å². The summed E-state index contributed by atoms with van der Waals surface area (Å²) < 4.78 is 16.7. The number of rotatable bonds is 21. The Labute approximate surface area is 248 Å². The Balaban J connectivity index is 2.21. The number of esters is 1. The van der Waals surface area contributed by atoms with E-state index in [1.807, 2.05) is 60.7 Å². The third kappa shape index (κ3) is 12.4. The lowest BCUT2D eigenvalue weighted by molar-refractivity contribution is -0.158. The number of benzene rings is 2. The lowest BCUT2D eigenvalue weighted by Crippen LogP contribution is -2.47. The van der Waals surface area contributed by atoms with Crippen LogP contribution < -0.4 is 10.6 Å². The second-order valence-electron chi connectivity index (χ2n) is 9.86. The van der Waals surface area contributed by atoms with Crippen LogP contribution in [-0.4, -0.2) is 69.0 Å². The van der Waals surface area contributed by atoms with Crippen LogP contribution in [0.15, 0.2) is 86.0 Å². The third-order valence-corrected chi connectivity index (χ3v) is 6.58. The Hall–Kier alpha value is -3.79. The summed E-state index contributed by atoms with van der Waals surface area (Å²) in [6.45, 7) is 8.22. The summed E-state index contributed by atoms with van der Waals surface area (Å²) >= 11 is 0. The van der Waals surface area contributed by atoms with Gasteiger partial charge in [0.15, 0.2) is 0 Å². The van der Waals surface area contributed by atoms with Gasteiger partial charge in [0.1, 0.15) is 6.10 Å². The van der Waals surface area contributed by atoms with Crippen molar-refractivity contribution in [3.8, 4) is 0 Å². The van der Waals surface area contributed by atoms with Crippen LogP contribution in [0.4, 0.5) is 0 Å². The van der Waals surface area contributed by atoms with Crippen molar-refractivity contribution >= 4 is 17.8 Å². The van der Waals surface area contributed by atoms with Crippen molar-refractivity contribution in [1.29, 1.82) is 0 Å². The summed E-state index contributed by atoms with van der Waals surface area (Å²) in [4.78, 5) is 39.5. The number of allylic oxidation sites excluding steroid dienone is 2. The number of hydrogen-bond acceptors (Lipinski definition) is 7. The van der Waals surface area contributed by atoms with E-state index >= 15 is 0 Å². The average molecular weight is 581 g/mol. The molecule has 0 unspecified atom stereocenters. The molecule has 0 bridgehead atoms. The molecule has 0 spiro atoms. The van der Waals surface area contributed by atoms with Gasteiger partial charge >= 0.3 is 5.97 Å². The van der Waals surface area contributed by atoms with E-state index in [-0.39, 0.29) is 57.6 Å². The number of hydrogen-bond donors (Lipinski definition) is 3. The number of carbonyl (C=O) groups excluding carboxylic acids is 3. The maximum Gasteiger partial charge on any atom is 0.310 e. The van der Waals surface area contributed by atoms with E-state index in [4.69, 9.17) is 19.3 Å². The minimum Gasteiger partial charge on any atom is -0.455 e. The van der Waals surface area contributed by atoms with E-state index in [0.29, 0.717) is 18.4 Å². The molecule has 42 heavy (non-hydrogen) atoms. The molecule has 2 amide bonds. The molecule has 4 atom stereocenters. The van der Waals surface area contributed by atoms with Crippen molar-refractivity contribution in [3.63, 3.8) is 0 Å². The fourth-order valence-corrected chi connectivity index (χ4v) is 4.50. The topological polar surface area (TPSA) is 123 Å². The Morgan fingerprint density at radius 1 is 0.929 bits per heavy atom. The first kappa shape index (κ1) is 34.4. The second kappa shape index (κ2) is 20.1. The molecular formula is C33H44N2O7. The Bertz CT molecular complexity index is 1090. The molecule has 9 heteroatoms. The molecule has 0 aromatic heterocycles. The van der Waals surface area contributed by atoms with Gasteiger partial charge < -0.3 is 30.0 Å². The number of amides is 2. The molecule has 0 saturated heterocycles. The molecule has 0 radical (unpaired) electrons. The molecular weight excluding hydrogens is 536 g/mol. The van der Waals surface area contributed by atoms with Crippen LogP contribution in [0.3, 0.4) is 0 Å². The molecule has 2 aromatic rings. The highest BCUT2D eigenvalue weighted by Gasteiger charge is 2.33. The molecule has 0 aliphatic carbocycles. The van der Waals surface area contributed by atoms with Gasteiger partial charge in [0.2, 0.25) is 11.8 Å². The molecule has 2 aromatic carbocycles. The van der Waals surface area contributed by atoms with E-state index in [9.17, 15) is 14.4 Å². The van der Waals surface area contributed by atoms with Gasteiger partial charge in [-0.3, -0.25) is 14.4 Å². The van der Waals surface area contributed by atoms with Crippen molar-refractivity contribution < 1.29 is 33.7 Å². The van der Waals surface area contributed by atoms with Gasteiger partial charge in [0.25, 0.3) is 0 Å². The first-order valence-electron chi connectivity index (χ1n) is 14.2. The molecule has 9 nitrogen and oxygen atoms in total. The van der Waals surface area contributed by atoms with E-state index in [2.05, 4.69) is 23.8 Å². The number of methoxy groups -OCH3 is 1. The maximum atomic E-state index is 13.6. The van der Waals surface area contributed by atoms with Crippen molar-refractivity contribution in [3.05, 3.63) is 97.1 Å². The van der Waals surface area contributed by atoms with E-state index in [1.54, 1.807) is 12.2 Å². The third-order valence-electron chi connectivity index (χ3n) is 6.58. The lowest BCUT2D eigenvalue weighted by Gasteiger charge is -2.30. The number of carbonyl (C=O) groups is 3. The summed E-state index contributed by atoms with van der Waals surface area (Å²) in [5.74, 6) is -2.26.